The summed E-state index contributed by atoms with van der Waals surface area (Å²) < 4.78 is 7.28. The van der Waals surface area contributed by atoms with Gasteiger partial charge < -0.3 is 4.74 Å². The van der Waals surface area contributed by atoms with Gasteiger partial charge in [-0.05, 0) is 43.3 Å². The largest absolute Gasteiger partial charge is 0.497 e. The summed E-state index contributed by atoms with van der Waals surface area (Å²) in [5, 5.41) is 20.4. The molecule has 9 heteroatoms. The van der Waals surface area contributed by atoms with Gasteiger partial charge in [0.2, 0.25) is 0 Å². The van der Waals surface area contributed by atoms with E-state index in [1.54, 1.807) is 30.2 Å². The van der Waals surface area contributed by atoms with Crippen molar-refractivity contribution in [3.8, 4) is 22.8 Å². The van der Waals surface area contributed by atoms with Crippen LogP contribution in [-0.4, -0.2) is 32.1 Å². The summed E-state index contributed by atoms with van der Waals surface area (Å²) in [5.74, 6) is 2.14. The number of methoxy groups -OCH3 is 1. The van der Waals surface area contributed by atoms with Gasteiger partial charge in [-0.15, -0.1) is 31.7 Å². The van der Waals surface area contributed by atoms with E-state index in [2.05, 4.69) is 20.4 Å². The molecule has 0 amide bonds. The molecule has 0 atom stereocenters. The van der Waals surface area contributed by atoms with Crippen LogP contribution in [0.4, 0.5) is 0 Å². The summed E-state index contributed by atoms with van der Waals surface area (Å²) >= 11 is 9.57. The Bertz CT molecular complexity index is 1090. The predicted octanol–water partition coefficient (Wildman–Crippen LogP) is 5.05. The molecule has 0 fully saturated rings. The van der Waals surface area contributed by atoms with Gasteiger partial charge in [-0.3, -0.25) is 4.57 Å². The van der Waals surface area contributed by atoms with Gasteiger partial charge in [-0.1, -0.05) is 35.5 Å². The minimum Gasteiger partial charge on any atom is -0.497 e. The molecule has 2 heterocycles. The zero-order valence-electron chi connectivity index (χ0n) is 15.2. The smallest absolute Gasteiger partial charge is 0.196 e. The second kappa shape index (κ2) is 8.30. The summed E-state index contributed by atoms with van der Waals surface area (Å²) in [7, 11) is 1.65. The first-order valence-electron chi connectivity index (χ1n) is 8.42. The first-order chi connectivity index (χ1) is 13.7. The Balaban J connectivity index is 1.76. The van der Waals surface area contributed by atoms with Crippen molar-refractivity contribution in [2.45, 2.75) is 17.8 Å². The zero-order chi connectivity index (χ0) is 19.5. The van der Waals surface area contributed by atoms with Gasteiger partial charge in [0, 0.05) is 11.3 Å². The Morgan fingerprint density at radius 1 is 1.04 bits per heavy atom. The molecule has 0 aliphatic carbocycles. The molecule has 4 rings (SSSR count). The van der Waals surface area contributed by atoms with E-state index in [0.717, 1.165) is 32.2 Å². The average molecular weight is 430 g/mol. The van der Waals surface area contributed by atoms with E-state index >= 15 is 0 Å². The maximum atomic E-state index is 6.43. The van der Waals surface area contributed by atoms with Gasteiger partial charge in [0.05, 0.1) is 17.9 Å². The molecule has 2 aromatic carbocycles. The van der Waals surface area contributed by atoms with Crippen LogP contribution in [0.15, 0.2) is 53.7 Å². The Labute approximate surface area is 175 Å². The van der Waals surface area contributed by atoms with Crippen molar-refractivity contribution in [2.24, 2.45) is 0 Å². The van der Waals surface area contributed by atoms with E-state index in [1.807, 2.05) is 60.0 Å². The van der Waals surface area contributed by atoms with Gasteiger partial charge in [0.1, 0.15) is 15.8 Å². The highest BCUT2D eigenvalue weighted by molar-refractivity contribution is 7.98. The van der Waals surface area contributed by atoms with Crippen molar-refractivity contribution in [1.29, 1.82) is 0 Å². The van der Waals surface area contributed by atoms with Gasteiger partial charge >= 0.3 is 0 Å². The number of aromatic nitrogens is 5. The van der Waals surface area contributed by atoms with Crippen LogP contribution in [-0.2, 0) is 5.75 Å². The fraction of sp³-hybridized carbons (Fsp3) is 0.158. The SMILES string of the molecule is COc1ccc(-n2c(SCc3nnc(C)s3)nnc2-c2ccccc2Cl)cc1. The van der Waals surface area contributed by atoms with E-state index < -0.39 is 0 Å². The van der Waals surface area contributed by atoms with E-state index in [0.29, 0.717) is 16.6 Å². The number of halogens is 1. The lowest BCUT2D eigenvalue weighted by Gasteiger charge is -2.11. The van der Waals surface area contributed by atoms with Gasteiger partial charge in [-0.25, -0.2) is 0 Å². The fourth-order valence-electron chi connectivity index (χ4n) is 2.67. The topological polar surface area (TPSA) is 65.7 Å². The number of nitrogens with zero attached hydrogens (tertiary/aromatic N) is 5. The zero-order valence-corrected chi connectivity index (χ0v) is 17.6. The van der Waals surface area contributed by atoms with Crippen LogP contribution in [0.3, 0.4) is 0 Å². The number of rotatable bonds is 6. The Morgan fingerprint density at radius 3 is 2.50 bits per heavy atom. The molecule has 0 N–H and O–H groups in total. The van der Waals surface area contributed by atoms with Gasteiger partial charge in [0.25, 0.3) is 0 Å². The monoisotopic (exact) mass is 429 g/mol. The highest BCUT2D eigenvalue weighted by Crippen LogP contribution is 2.33. The van der Waals surface area contributed by atoms with Crippen LogP contribution in [0.2, 0.25) is 5.02 Å². The lowest BCUT2D eigenvalue weighted by atomic mass is 10.2. The minimum absolute atomic E-state index is 0.626. The number of hydrogen-bond acceptors (Lipinski definition) is 7. The lowest BCUT2D eigenvalue weighted by Crippen LogP contribution is -2.00. The summed E-state index contributed by atoms with van der Waals surface area (Å²) in [5.41, 5.74) is 1.75. The fourth-order valence-corrected chi connectivity index (χ4v) is 4.53. The molecule has 0 radical (unpaired) electrons. The van der Waals surface area contributed by atoms with Crippen LogP contribution in [0, 0.1) is 6.92 Å². The summed E-state index contributed by atoms with van der Waals surface area (Å²) in [4.78, 5) is 0. The normalized spacial score (nSPS) is 11.0. The quantitative estimate of drug-likeness (QED) is 0.399. The molecular formula is C19H16ClN5OS2. The molecule has 28 heavy (non-hydrogen) atoms. The number of hydrogen-bond donors (Lipinski definition) is 0. The second-order valence-electron chi connectivity index (χ2n) is 5.82. The maximum absolute atomic E-state index is 6.43. The maximum Gasteiger partial charge on any atom is 0.196 e. The number of aryl methyl sites for hydroxylation is 1. The van der Waals surface area contributed by atoms with Crippen molar-refractivity contribution in [1.82, 2.24) is 25.0 Å². The molecule has 0 aliphatic heterocycles. The molecule has 0 saturated heterocycles. The third kappa shape index (κ3) is 3.89. The third-order valence-corrected chi connectivity index (χ3v) is 6.26. The van der Waals surface area contributed by atoms with E-state index in [1.165, 1.54) is 0 Å². The van der Waals surface area contributed by atoms with Crippen LogP contribution in [0.25, 0.3) is 17.1 Å². The molecule has 4 aromatic rings. The van der Waals surface area contributed by atoms with Crippen LogP contribution >= 0.6 is 34.7 Å². The Morgan fingerprint density at radius 2 is 1.82 bits per heavy atom. The van der Waals surface area contributed by atoms with Crippen molar-refractivity contribution >= 4 is 34.7 Å². The molecule has 0 spiro atoms. The average Bonchev–Trinajstić information content (AvgIpc) is 3.33. The predicted molar refractivity (Wildman–Crippen MR) is 113 cm³/mol. The van der Waals surface area contributed by atoms with Crippen molar-refractivity contribution in [3.63, 3.8) is 0 Å². The minimum atomic E-state index is 0.626. The van der Waals surface area contributed by atoms with E-state index in [-0.39, 0.29) is 0 Å². The van der Waals surface area contributed by atoms with Gasteiger partial charge in [-0.2, -0.15) is 0 Å². The highest BCUT2D eigenvalue weighted by Gasteiger charge is 2.18. The Hall–Kier alpha value is -2.42. The third-order valence-electron chi connectivity index (χ3n) is 3.97. The van der Waals surface area contributed by atoms with Crippen molar-refractivity contribution < 1.29 is 4.74 Å². The van der Waals surface area contributed by atoms with E-state index in [4.69, 9.17) is 16.3 Å². The summed E-state index contributed by atoms with van der Waals surface area (Å²) in [6.07, 6.45) is 0. The number of thioether (sulfide) groups is 1. The number of benzene rings is 2. The Kier molecular flexibility index (Phi) is 5.61. The summed E-state index contributed by atoms with van der Waals surface area (Å²) in [6, 6.07) is 15.4. The van der Waals surface area contributed by atoms with Crippen molar-refractivity contribution in [2.75, 3.05) is 7.11 Å². The first kappa shape index (κ1) is 18.9. The first-order valence-corrected chi connectivity index (χ1v) is 10.6. The van der Waals surface area contributed by atoms with Crippen LogP contribution in [0.1, 0.15) is 10.0 Å². The highest BCUT2D eigenvalue weighted by atomic mass is 35.5. The molecule has 0 unspecified atom stereocenters. The molecule has 0 aliphatic rings. The van der Waals surface area contributed by atoms with Crippen molar-refractivity contribution in [3.05, 3.63) is 63.6 Å². The molecule has 0 bridgehead atoms. The second-order valence-corrected chi connectivity index (χ2v) is 8.44. The molecule has 0 saturated carbocycles. The number of ether oxygens (including phenoxy) is 1. The van der Waals surface area contributed by atoms with Crippen LogP contribution in [0.5, 0.6) is 5.75 Å². The standard InChI is InChI=1S/C19H16ClN5OS2/c1-12-21-22-17(28-12)11-27-19-24-23-18(15-5-3-4-6-16(15)20)25(19)13-7-9-14(26-2)10-8-13/h3-10H,11H2,1-2H3. The molecular weight excluding hydrogens is 414 g/mol. The van der Waals surface area contributed by atoms with Gasteiger partial charge in [0.15, 0.2) is 11.0 Å². The molecule has 6 nitrogen and oxygen atoms in total. The molecule has 142 valence electrons. The van der Waals surface area contributed by atoms with Crippen LogP contribution < -0.4 is 4.74 Å². The molecule has 2 aromatic heterocycles. The lowest BCUT2D eigenvalue weighted by molar-refractivity contribution is 0.414. The van der Waals surface area contributed by atoms with E-state index in [9.17, 15) is 0 Å². The summed E-state index contributed by atoms with van der Waals surface area (Å²) in [6.45, 7) is 1.95.